The minimum atomic E-state index is -0.288. The molecule has 1 aliphatic heterocycles. The third-order valence-corrected chi connectivity index (χ3v) is 2.64. The van der Waals surface area contributed by atoms with E-state index in [0.29, 0.717) is 0 Å². The molecule has 0 aromatic heterocycles. The molecule has 0 saturated heterocycles. The molecule has 0 saturated carbocycles. The zero-order valence-corrected chi connectivity index (χ0v) is 8.12. The van der Waals surface area contributed by atoms with Gasteiger partial charge in [0, 0.05) is 6.42 Å². The van der Waals surface area contributed by atoms with Crippen LogP contribution in [0.2, 0.25) is 0 Å². The lowest BCUT2D eigenvalue weighted by Gasteiger charge is -2.08. The molecule has 1 aromatic carbocycles. The van der Waals surface area contributed by atoms with E-state index in [0.717, 1.165) is 24.3 Å². The van der Waals surface area contributed by atoms with Gasteiger partial charge in [-0.2, -0.15) is 0 Å². The Bertz CT molecular complexity index is 374. The molecule has 1 amide bonds. The first-order valence-corrected chi connectivity index (χ1v) is 4.73. The van der Waals surface area contributed by atoms with Gasteiger partial charge in [0.1, 0.15) is 5.75 Å². The van der Waals surface area contributed by atoms with Gasteiger partial charge in [0.2, 0.25) is 5.91 Å². The predicted molar refractivity (Wildman–Crippen MR) is 53.3 cm³/mol. The van der Waals surface area contributed by atoms with Crippen LogP contribution in [0.25, 0.3) is 0 Å². The van der Waals surface area contributed by atoms with Crippen molar-refractivity contribution in [1.82, 2.24) is 0 Å². The molecule has 3 nitrogen and oxygen atoms in total. The average molecular weight is 191 g/mol. The Hall–Kier alpha value is -1.51. The van der Waals surface area contributed by atoms with Crippen LogP contribution < -0.4 is 10.5 Å². The van der Waals surface area contributed by atoms with Gasteiger partial charge in [0.25, 0.3) is 0 Å². The van der Waals surface area contributed by atoms with Crippen LogP contribution in [-0.2, 0) is 11.2 Å². The number of carbonyl (C=O) groups is 1. The van der Waals surface area contributed by atoms with E-state index in [4.69, 9.17) is 10.5 Å². The van der Waals surface area contributed by atoms with Crippen LogP contribution in [0, 0.1) is 0 Å². The van der Waals surface area contributed by atoms with E-state index in [1.165, 1.54) is 5.56 Å². The molecule has 3 heteroatoms. The molecule has 1 unspecified atom stereocenters. The van der Waals surface area contributed by atoms with Gasteiger partial charge < -0.3 is 10.5 Å². The van der Waals surface area contributed by atoms with Crippen molar-refractivity contribution in [3.63, 3.8) is 0 Å². The summed E-state index contributed by atoms with van der Waals surface area (Å²) in [5, 5.41) is 0. The minimum Gasteiger partial charge on any atom is -0.493 e. The normalized spacial score (nSPS) is 15.8. The van der Waals surface area contributed by atoms with Crippen molar-refractivity contribution in [2.45, 2.75) is 19.3 Å². The van der Waals surface area contributed by atoms with E-state index >= 15 is 0 Å². The number of fused-ring (bicyclic) bond motifs is 1. The van der Waals surface area contributed by atoms with Crippen molar-refractivity contribution in [3.8, 4) is 5.75 Å². The van der Waals surface area contributed by atoms with Gasteiger partial charge >= 0.3 is 0 Å². The summed E-state index contributed by atoms with van der Waals surface area (Å²) in [6.07, 6.45) is 0.925. The maximum absolute atomic E-state index is 11.0. The molecule has 74 valence electrons. The molecule has 1 atom stereocenters. The molecule has 2 N–H and O–H groups in total. The molecule has 0 fully saturated rings. The summed E-state index contributed by atoms with van der Waals surface area (Å²) < 4.78 is 5.38. The Kier molecular flexibility index (Phi) is 2.15. The SMILES string of the molecule is CC(C(N)=O)c1ccc2c(c1)CCO2. The fraction of sp³-hybridized carbons (Fsp3) is 0.364. The van der Waals surface area contributed by atoms with Crippen LogP contribution in [0.3, 0.4) is 0 Å². The molecule has 0 spiro atoms. The molecule has 1 aromatic rings. The fourth-order valence-electron chi connectivity index (χ4n) is 1.64. The Morgan fingerprint density at radius 2 is 2.36 bits per heavy atom. The highest BCUT2D eigenvalue weighted by Gasteiger charge is 2.16. The first-order chi connectivity index (χ1) is 6.68. The van der Waals surface area contributed by atoms with Crippen LogP contribution in [0.5, 0.6) is 5.75 Å². The Balaban J connectivity index is 2.33. The number of primary amides is 1. The number of rotatable bonds is 2. The van der Waals surface area contributed by atoms with E-state index < -0.39 is 0 Å². The highest BCUT2D eigenvalue weighted by molar-refractivity contribution is 5.81. The van der Waals surface area contributed by atoms with Gasteiger partial charge in [-0.15, -0.1) is 0 Å². The molecule has 1 aliphatic rings. The van der Waals surface area contributed by atoms with Gasteiger partial charge in [0.05, 0.1) is 12.5 Å². The van der Waals surface area contributed by atoms with Crippen molar-refractivity contribution in [2.75, 3.05) is 6.61 Å². The van der Waals surface area contributed by atoms with Gasteiger partial charge in [0.15, 0.2) is 0 Å². The lowest BCUT2D eigenvalue weighted by molar-refractivity contribution is -0.119. The van der Waals surface area contributed by atoms with E-state index in [9.17, 15) is 4.79 Å². The number of hydrogen-bond donors (Lipinski definition) is 1. The largest absolute Gasteiger partial charge is 0.493 e. The molecule has 14 heavy (non-hydrogen) atoms. The van der Waals surface area contributed by atoms with E-state index in [1.807, 2.05) is 25.1 Å². The van der Waals surface area contributed by atoms with Crippen LogP contribution in [0.15, 0.2) is 18.2 Å². The van der Waals surface area contributed by atoms with E-state index in [-0.39, 0.29) is 11.8 Å². The molecule has 0 bridgehead atoms. The summed E-state index contributed by atoms with van der Waals surface area (Å²) in [5.74, 6) is 0.426. The highest BCUT2D eigenvalue weighted by atomic mass is 16.5. The van der Waals surface area contributed by atoms with Crippen molar-refractivity contribution < 1.29 is 9.53 Å². The average Bonchev–Trinajstić information content (AvgIpc) is 2.62. The lowest BCUT2D eigenvalue weighted by Crippen LogP contribution is -2.18. The standard InChI is InChI=1S/C11H13NO2/c1-7(11(12)13)8-2-3-10-9(6-8)4-5-14-10/h2-3,6-7H,4-5H2,1H3,(H2,12,13). The van der Waals surface area contributed by atoms with Crippen molar-refractivity contribution in [2.24, 2.45) is 5.73 Å². The van der Waals surface area contributed by atoms with Crippen LogP contribution in [-0.4, -0.2) is 12.5 Å². The quantitative estimate of drug-likeness (QED) is 0.763. The second-order valence-electron chi connectivity index (χ2n) is 3.59. The molecule has 0 aliphatic carbocycles. The monoisotopic (exact) mass is 191 g/mol. The summed E-state index contributed by atoms with van der Waals surface area (Å²) in [6.45, 7) is 2.56. The van der Waals surface area contributed by atoms with Crippen LogP contribution >= 0.6 is 0 Å². The predicted octanol–water partition coefficient (Wildman–Crippen LogP) is 1.21. The summed E-state index contributed by atoms with van der Waals surface area (Å²) in [4.78, 5) is 11.0. The Morgan fingerprint density at radius 3 is 3.07 bits per heavy atom. The van der Waals surface area contributed by atoms with Crippen molar-refractivity contribution >= 4 is 5.91 Å². The lowest BCUT2D eigenvalue weighted by atomic mass is 9.98. The molecule has 2 rings (SSSR count). The van der Waals surface area contributed by atoms with Crippen LogP contribution in [0.4, 0.5) is 0 Å². The highest BCUT2D eigenvalue weighted by Crippen LogP contribution is 2.28. The summed E-state index contributed by atoms with van der Waals surface area (Å²) in [6, 6.07) is 5.83. The number of carbonyl (C=O) groups excluding carboxylic acids is 1. The van der Waals surface area contributed by atoms with Crippen molar-refractivity contribution in [3.05, 3.63) is 29.3 Å². The summed E-state index contributed by atoms with van der Waals surface area (Å²) >= 11 is 0. The number of ether oxygens (including phenoxy) is 1. The zero-order valence-electron chi connectivity index (χ0n) is 8.12. The van der Waals surface area contributed by atoms with Gasteiger partial charge in [-0.05, 0) is 24.1 Å². The molecule has 0 radical (unpaired) electrons. The van der Waals surface area contributed by atoms with E-state index in [1.54, 1.807) is 0 Å². The molecular formula is C11H13NO2. The second kappa shape index (κ2) is 3.33. The molecule has 1 heterocycles. The first kappa shape index (κ1) is 9.06. The topological polar surface area (TPSA) is 52.3 Å². The Morgan fingerprint density at radius 1 is 1.57 bits per heavy atom. The summed E-state index contributed by atoms with van der Waals surface area (Å²) in [5.41, 5.74) is 7.39. The second-order valence-corrected chi connectivity index (χ2v) is 3.59. The zero-order chi connectivity index (χ0) is 10.1. The first-order valence-electron chi connectivity index (χ1n) is 4.73. The summed E-state index contributed by atoms with van der Waals surface area (Å²) in [7, 11) is 0. The van der Waals surface area contributed by atoms with Gasteiger partial charge in [-0.3, -0.25) is 4.79 Å². The fourth-order valence-corrected chi connectivity index (χ4v) is 1.64. The number of benzene rings is 1. The smallest absolute Gasteiger partial charge is 0.224 e. The van der Waals surface area contributed by atoms with Crippen LogP contribution in [0.1, 0.15) is 24.0 Å². The number of hydrogen-bond acceptors (Lipinski definition) is 2. The number of nitrogens with two attached hydrogens (primary N) is 1. The third kappa shape index (κ3) is 1.45. The van der Waals surface area contributed by atoms with Crippen molar-refractivity contribution in [1.29, 1.82) is 0 Å². The maximum atomic E-state index is 11.0. The number of amides is 1. The van der Waals surface area contributed by atoms with E-state index in [2.05, 4.69) is 0 Å². The van der Waals surface area contributed by atoms with Gasteiger partial charge in [-0.1, -0.05) is 12.1 Å². The minimum absolute atomic E-state index is 0.221. The van der Waals surface area contributed by atoms with Gasteiger partial charge in [-0.25, -0.2) is 0 Å². The maximum Gasteiger partial charge on any atom is 0.224 e. The molecular weight excluding hydrogens is 178 g/mol. The third-order valence-electron chi connectivity index (χ3n) is 2.64. The Labute approximate surface area is 82.9 Å².